The van der Waals surface area contributed by atoms with Gasteiger partial charge in [-0.3, -0.25) is 0 Å². The van der Waals surface area contributed by atoms with Crippen LogP contribution in [-0.4, -0.2) is 23.4 Å². The molecule has 10 heavy (non-hydrogen) atoms. The van der Waals surface area contributed by atoms with Crippen LogP contribution in [0.3, 0.4) is 0 Å². The molecule has 0 aromatic heterocycles. The predicted octanol–water partition coefficient (Wildman–Crippen LogP) is 1.10. The summed E-state index contributed by atoms with van der Waals surface area (Å²) in [6, 6.07) is 0. The van der Waals surface area contributed by atoms with E-state index in [9.17, 15) is 0 Å². The molecule has 2 heteroatoms. The van der Waals surface area contributed by atoms with E-state index in [2.05, 4.69) is 13.8 Å². The largest absolute Gasteiger partial charge is 0.369 e. The number of hydrogen-bond acceptors (Lipinski definition) is 2. The van der Waals surface area contributed by atoms with Gasteiger partial charge >= 0.3 is 0 Å². The van der Waals surface area contributed by atoms with Gasteiger partial charge in [-0.15, -0.1) is 0 Å². The lowest BCUT2D eigenvalue weighted by Crippen LogP contribution is -2.28. The zero-order valence-corrected chi connectivity index (χ0v) is 6.39. The SMILES string of the molecule is CC12CC3OC3CC1(C)O2. The van der Waals surface area contributed by atoms with Gasteiger partial charge in [0.15, 0.2) is 0 Å². The Hall–Kier alpha value is -0.0800. The van der Waals surface area contributed by atoms with Crippen molar-refractivity contribution in [1.29, 1.82) is 0 Å². The zero-order valence-electron chi connectivity index (χ0n) is 6.39. The van der Waals surface area contributed by atoms with E-state index in [4.69, 9.17) is 9.47 Å². The highest BCUT2D eigenvalue weighted by atomic mass is 16.7. The lowest BCUT2D eigenvalue weighted by molar-refractivity contribution is 0.233. The first-order valence-corrected chi connectivity index (χ1v) is 3.99. The number of epoxide rings is 2. The number of fused-ring (bicyclic) bond motifs is 2. The highest BCUT2D eigenvalue weighted by Gasteiger charge is 2.72. The standard InChI is InChI=1S/C8H12O2/c1-7-3-5-6(9-5)4-8(7,2)10-7/h5-6H,3-4H2,1-2H3. The lowest BCUT2D eigenvalue weighted by atomic mass is 9.82. The van der Waals surface area contributed by atoms with E-state index in [1.807, 2.05) is 0 Å². The minimum atomic E-state index is 0.171. The van der Waals surface area contributed by atoms with E-state index in [1.165, 1.54) is 0 Å². The van der Waals surface area contributed by atoms with Crippen molar-refractivity contribution in [2.45, 2.75) is 50.1 Å². The average Bonchev–Trinajstić information content (AvgIpc) is 2.53. The number of hydrogen-bond donors (Lipinski definition) is 0. The minimum Gasteiger partial charge on any atom is -0.369 e. The number of ether oxygens (including phenoxy) is 2. The Labute approximate surface area is 60.5 Å². The van der Waals surface area contributed by atoms with Crippen molar-refractivity contribution in [3.63, 3.8) is 0 Å². The van der Waals surface area contributed by atoms with Gasteiger partial charge < -0.3 is 9.47 Å². The van der Waals surface area contributed by atoms with Gasteiger partial charge in [-0.1, -0.05) is 0 Å². The van der Waals surface area contributed by atoms with Crippen molar-refractivity contribution in [3.8, 4) is 0 Å². The monoisotopic (exact) mass is 140 g/mol. The van der Waals surface area contributed by atoms with Gasteiger partial charge in [0.2, 0.25) is 0 Å². The Morgan fingerprint density at radius 1 is 1.10 bits per heavy atom. The fraction of sp³-hybridized carbons (Fsp3) is 1.00. The molecule has 3 aliphatic rings. The van der Waals surface area contributed by atoms with Crippen LogP contribution in [0.15, 0.2) is 0 Å². The van der Waals surface area contributed by atoms with Gasteiger partial charge in [0, 0.05) is 12.8 Å². The second-order valence-electron chi connectivity index (χ2n) is 4.19. The first-order valence-electron chi connectivity index (χ1n) is 3.99. The highest BCUT2D eigenvalue weighted by Crippen LogP contribution is 2.61. The maximum Gasteiger partial charge on any atom is 0.0976 e. The van der Waals surface area contributed by atoms with E-state index < -0.39 is 0 Å². The third-order valence-corrected chi connectivity index (χ3v) is 3.40. The molecule has 2 saturated heterocycles. The van der Waals surface area contributed by atoms with E-state index >= 15 is 0 Å². The smallest absolute Gasteiger partial charge is 0.0976 e. The molecule has 0 N–H and O–H groups in total. The van der Waals surface area contributed by atoms with Crippen molar-refractivity contribution in [2.24, 2.45) is 0 Å². The molecule has 0 radical (unpaired) electrons. The van der Waals surface area contributed by atoms with Crippen LogP contribution in [0.4, 0.5) is 0 Å². The number of rotatable bonds is 0. The van der Waals surface area contributed by atoms with Crippen molar-refractivity contribution >= 4 is 0 Å². The van der Waals surface area contributed by atoms with Crippen LogP contribution in [0.25, 0.3) is 0 Å². The summed E-state index contributed by atoms with van der Waals surface area (Å²) in [6.07, 6.45) is 3.32. The third kappa shape index (κ3) is 0.453. The van der Waals surface area contributed by atoms with Gasteiger partial charge in [0.05, 0.1) is 23.4 Å². The Morgan fingerprint density at radius 2 is 1.60 bits per heavy atom. The molecule has 0 bridgehead atoms. The molecular formula is C8H12O2. The lowest BCUT2D eigenvalue weighted by Gasteiger charge is -2.13. The van der Waals surface area contributed by atoms with E-state index in [0.29, 0.717) is 12.2 Å². The molecule has 0 spiro atoms. The van der Waals surface area contributed by atoms with E-state index in [1.54, 1.807) is 0 Å². The molecule has 1 aliphatic carbocycles. The van der Waals surface area contributed by atoms with Crippen LogP contribution in [0.5, 0.6) is 0 Å². The molecule has 3 rings (SSSR count). The van der Waals surface area contributed by atoms with Gasteiger partial charge in [-0.25, -0.2) is 0 Å². The first kappa shape index (κ1) is 5.56. The molecule has 0 amide bonds. The van der Waals surface area contributed by atoms with Gasteiger partial charge in [0.1, 0.15) is 0 Å². The zero-order chi connectivity index (χ0) is 6.98. The minimum absolute atomic E-state index is 0.171. The maximum atomic E-state index is 5.67. The topological polar surface area (TPSA) is 25.1 Å². The van der Waals surface area contributed by atoms with Crippen LogP contribution < -0.4 is 0 Å². The van der Waals surface area contributed by atoms with Crippen LogP contribution in [0, 0.1) is 0 Å². The fourth-order valence-electron chi connectivity index (χ4n) is 2.29. The maximum absolute atomic E-state index is 5.67. The first-order chi connectivity index (χ1) is 4.63. The molecule has 1 saturated carbocycles. The summed E-state index contributed by atoms with van der Waals surface area (Å²) in [7, 11) is 0. The predicted molar refractivity (Wildman–Crippen MR) is 35.8 cm³/mol. The van der Waals surface area contributed by atoms with Crippen molar-refractivity contribution in [1.82, 2.24) is 0 Å². The van der Waals surface area contributed by atoms with Gasteiger partial charge in [-0.05, 0) is 13.8 Å². The molecular weight excluding hydrogens is 128 g/mol. The summed E-state index contributed by atoms with van der Waals surface area (Å²) in [4.78, 5) is 0. The summed E-state index contributed by atoms with van der Waals surface area (Å²) < 4.78 is 11.1. The summed E-state index contributed by atoms with van der Waals surface area (Å²) in [5.74, 6) is 0. The molecule has 56 valence electrons. The van der Waals surface area contributed by atoms with Crippen LogP contribution in [0.2, 0.25) is 0 Å². The summed E-state index contributed by atoms with van der Waals surface area (Å²) in [5.41, 5.74) is 0.343. The molecule has 4 atom stereocenters. The van der Waals surface area contributed by atoms with Gasteiger partial charge in [0.25, 0.3) is 0 Å². The molecule has 2 nitrogen and oxygen atoms in total. The van der Waals surface area contributed by atoms with Crippen molar-refractivity contribution in [2.75, 3.05) is 0 Å². The summed E-state index contributed by atoms with van der Waals surface area (Å²) in [6.45, 7) is 4.40. The Bertz CT molecular complexity index is 183. The third-order valence-electron chi connectivity index (χ3n) is 3.40. The molecule has 0 aromatic rings. The Balaban J connectivity index is 1.92. The summed E-state index contributed by atoms with van der Waals surface area (Å²) in [5, 5.41) is 0. The van der Waals surface area contributed by atoms with Crippen LogP contribution >= 0.6 is 0 Å². The van der Waals surface area contributed by atoms with Crippen LogP contribution in [0.1, 0.15) is 26.7 Å². The Kier molecular flexibility index (Phi) is 0.647. The van der Waals surface area contributed by atoms with E-state index in [-0.39, 0.29) is 11.2 Å². The fourth-order valence-corrected chi connectivity index (χ4v) is 2.29. The molecule has 0 aromatic carbocycles. The normalized spacial score (nSPS) is 70.2. The van der Waals surface area contributed by atoms with E-state index in [0.717, 1.165) is 12.8 Å². The molecule has 4 unspecified atom stereocenters. The molecule has 2 aliphatic heterocycles. The van der Waals surface area contributed by atoms with Crippen molar-refractivity contribution < 1.29 is 9.47 Å². The second-order valence-corrected chi connectivity index (χ2v) is 4.19. The molecule has 2 heterocycles. The Morgan fingerprint density at radius 3 is 2.10 bits per heavy atom. The van der Waals surface area contributed by atoms with Crippen LogP contribution in [-0.2, 0) is 9.47 Å². The van der Waals surface area contributed by atoms with Crippen molar-refractivity contribution in [3.05, 3.63) is 0 Å². The average molecular weight is 140 g/mol. The summed E-state index contributed by atoms with van der Waals surface area (Å²) >= 11 is 0. The second kappa shape index (κ2) is 1.16. The molecule has 3 fully saturated rings. The quantitative estimate of drug-likeness (QED) is 0.471. The van der Waals surface area contributed by atoms with Gasteiger partial charge in [-0.2, -0.15) is 0 Å². The highest BCUT2D eigenvalue weighted by molar-refractivity contribution is 5.20.